The highest BCUT2D eigenvalue weighted by Crippen LogP contribution is 2.33. The molecule has 0 spiro atoms. The predicted octanol–water partition coefficient (Wildman–Crippen LogP) is 0.798. The molecule has 0 unspecified atom stereocenters. The van der Waals surface area contributed by atoms with E-state index in [0.29, 0.717) is 0 Å². The summed E-state index contributed by atoms with van der Waals surface area (Å²) in [5, 5.41) is 7.39. The first kappa shape index (κ1) is 12.0. The second-order valence-electron chi connectivity index (χ2n) is 4.33. The van der Waals surface area contributed by atoms with Crippen molar-refractivity contribution in [2.75, 3.05) is 0 Å². The summed E-state index contributed by atoms with van der Waals surface area (Å²) in [6.45, 7) is 1.91. The van der Waals surface area contributed by atoms with Crippen molar-refractivity contribution in [2.24, 2.45) is 7.05 Å². The highest BCUT2D eigenvalue weighted by atomic mass is 79.9. The van der Waals surface area contributed by atoms with Crippen molar-refractivity contribution in [3.05, 3.63) is 4.60 Å². The molecular weight excluding hydrogens is 296 g/mol. The summed E-state index contributed by atoms with van der Waals surface area (Å²) in [7, 11) is -2.00. The number of aryl methyl sites for hydroxylation is 1. The quantitative estimate of drug-likeness (QED) is 0.896. The lowest BCUT2D eigenvalue weighted by Gasteiger charge is -2.38. The number of rotatable bonds is 3. The van der Waals surface area contributed by atoms with E-state index in [4.69, 9.17) is 0 Å². The van der Waals surface area contributed by atoms with Gasteiger partial charge in [-0.25, -0.2) is 17.8 Å². The van der Waals surface area contributed by atoms with E-state index in [0.717, 1.165) is 19.3 Å². The Morgan fingerprint density at radius 2 is 2.12 bits per heavy atom. The van der Waals surface area contributed by atoms with Crippen molar-refractivity contribution in [1.29, 1.82) is 0 Å². The van der Waals surface area contributed by atoms with Gasteiger partial charge in [-0.05, 0) is 42.1 Å². The van der Waals surface area contributed by atoms with Crippen LogP contribution in [-0.4, -0.2) is 29.0 Å². The average molecular weight is 309 g/mol. The molecule has 90 valence electrons. The maximum Gasteiger partial charge on any atom is 0.261 e. The summed E-state index contributed by atoms with van der Waals surface area (Å²) < 4.78 is 28.4. The molecule has 0 amide bonds. The predicted molar refractivity (Wildman–Crippen MR) is 61.3 cm³/mol. The van der Waals surface area contributed by atoms with Crippen LogP contribution in [0.1, 0.15) is 26.2 Å². The van der Waals surface area contributed by atoms with Crippen LogP contribution in [0.5, 0.6) is 0 Å². The highest BCUT2D eigenvalue weighted by Gasteiger charge is 2.38. The highest BCUT2D eigenvalue weighted by molar-refractivity contribution is 9.10. The molecule has 1 saturated carbocycles. The zero-order valence-electron chi connectivity index (χ0n) is 9.07. The molecular formula is C8H13BrN4O2S. The second-order valence-corrected chi connectivity index (χ2v) is 6.68. The third kappa shape index (κ3) is 2.01. The Labute approximate surface area is 103 Å². The summed E-state index contributed by atoms with van der Waals surface area (Å²) in [6, 6.07) is 0. The monoisotopic (exact) mass is 308 g/mol. The Morgan fingerprint density at radius 3 is 2.50 bits per heavy atom. The standard InChI is InChI=1S/C8H13BrN4O2S/c1-8(4-3-5-8)11-16(14,15)7-6(9)10-12-13(7)2/h11H,3-5H2,1-2H3. The van der Waals surface area contributed by atoms with Gasteiger partial charge in [0, 0.05) is 12.6 Å². The van der Waals surface area contributed by atoms with Crippen LogP contribution in [0.25, 0.3) is 0 Å². The van der Waals surface area contributed by atoms with Crippen LogP contribution in [0.4, 0.5) is 0 Å². The Bertz CT molecular complexity index is 487. The van der Waals surface area contributed by atoms with E-state index in [2.05, 4.69) is 31.0 Å². The van der Waals surface area contributed by atoms with E-state index in [1.165, 1.54) is 4.68 Å². The van der Waals surface area contributed by atoms with Crippen molar-refractivity contribution in [3.8, 4) is 0 Å². The molecule has 1 aliphatic rings. The molecule has 1 N–H and O–H groups in total. The normalized spacial score (nSPS) is 19.4. The smallest absolute Gasteiger partial charge is 0.235 e. The van der Waals surface area contributed by atoms with Crippen molar-refractivity contribution in [3.63, 3.8) is 0 Å². The summed E-state index contributed by atoms with van der Waals surface area (Å²) in [5.41, 5.74) is -0.317. The lowest BCUT2D eigenvalue weighted by atomic mass is 9.80. The van der Waals surface area contributed by atoms with Gasteiger partial charge in [-0.3, -0.25) is 0 Å². The van der Waals surface area contributed by atoms with Gasteiger partial charge in [0.05, 0.1) is 0 Å². The van der Waals surface area contributed by atoms with Crippen LogP contribution in [0, 0.1) is 0 Å². The minimum absolute atomic E-state index is 0.0700. The van der Waals surface area contributed by atoms with Gasteiger partial charge in [-0.2, -0.15) is 0 Å². The number of aromatic nitrogens is 3. The van der Waals surface area contributed by atoms with Gasteiger partial charge in [0.25, 0.3) is 10.0 Å². The van der Waals surface area contributed by atoms with Crippen molar-refractivity contribution < 1.29 is 8.42 Å². The fourth-order valence-electron chi connectivity index (χ4n) is 1.79. The van der Waals surface area contributed by atoms with Crippen LogP contribution >= 0.6 is 15.9 Å². The van der Waals surface area contributed by atoms with E-state index in [-0.39, 0.29) is 15.2 Å². The molecule has 0 saturated heterocycles. The molecule has 1 aromatic rings. The van der Waals surface area contributed by atoms with Crippen molar-refractivity contribution in [1.82, 2.24) is 19.7 Å². The Hall–Kier alpha value is -0.470. The van der Waals surface area contributed by atoms with Crippen LogP contribution < -0.4 is 4.72 Å². The molecule has 0 bridgehead atoms. The van der Waals surface area contributed by atoms with Crippen LogP contribution in [0.15, 0.2) is 9.63 Å². The zero-order chi connectivity index (χ0) is 12.0. The van der Waals surface area contributed by atoms with Crippen molar-refractivity contribution in [2.45, 2.75) is 36.8 Å². The van der Waals surface area contributed by atoms with Gasteiger partial charge >= 0.3 is 0 Å². The lowest BCUT2D eigenvalue weighted by molar-refractivity contribution is 0.247. The van der Waals surface area contributed by atoms with E-state index < -0.39 is 10.0 Å². The van der Waals surface area contributed by atoms with Gasteiger partial charge in [-0.15, -0.1) is 5.10 Å². The number of halogens is 1. The minimum Gasteiger partial charge on any atom is -0.235 e. The molecule has 0 atom stereocenters. The molecule has 1 aromatic heterocycles. The topological polar surface area (TPSA) is 76.9 Å². The van der Waals surface area contributed by atoms with E-state index >= 15 is 0 Å². The van der Waals surface area contributed by atoms with Gasteiger partial charge in [0.1, 0.15) is 0 Å². The molecule has 0 aromatic carbocycles. The van der Waals surface area contributed by atoms with Crippen LogP contribution in [-0.2, 0) is 17.1 Å². The summed E-state index contributed by atoms with van der Waals surface area (Å²) in [6.07, 6.45) is 2.80. The zero-order valence-corrected chi connectivity index (χ0v) is 11.5. The third-order valence-electron chi connectivity index (χ3n) is 2.83. The number of hydrogen-bond donors (Lipinski definition) is 1. The molecule has 16 heavy (non-hydrogen) atoms. The summed E-state index contributed by atoms with van der Waals surface area (Å²) in [4.78, 5) is 0. The first-order chi connectivity index (χ1) is 7.34. The first-order valence-electron chi connectivity index (χ1n) is 4.93. The molecule has 8 heteroatoms. The number of nitrogens with zero attached hydrogens (tertiary/aromatic N) is 3. The van der Waals surface area contributed by atoms with Gasteiger partial charge in [-0.1, -0.05) is 5.21 Å². The molecule has 1 fully saturated rings. The Kier molecular flexibility index (Phi) is 2.83. The molecule has 6 nitrogen and oxygen atoms in total. The van der Waals surface area contributed by atoms with E-state index in [9.17, 15) is 8.42 Å². The van der Waals surface area contributed by atoms with Crippen molar-refractivity contribution >= 4 is 26.0 Å². The fraction of sp³-hybridized carbons (Fsp3) is 0.750. The maximum atomic E-state index is 12.1. The summed E-state index contributed by atoms with van der Waals surface area (Å²) >= 11 is 3.09. The molecule has 0 radical (unpaired) electrons. The molecule has 0 aliphatic heterocycles. The number of hydrogen-bond acceptors (Lipinski definition) is 4. The van der Waals surface area contributed by atoms with Crippen LogP contribution in [0.3, 0.4) is 0 Å². The lowest BCUT2D eigenvalue weighted by Crippen LogP contribution is -2.51. The Morgan fingerprint density at radius 1 is 1.50 bits per heavy atom. The van der Waals surface area contributed by atoms with Gasteiger partial charge in [0.2, 0.25) is 5.03 Å². The fourth-order valence-corrected chi connectivity index (χ4v) is 4.35. The summed E-state index contributed by atoms with van der Waals surface area (Å²) in [5.74, 6) is 0. The molecule has 1 aliphatic carbocycles. The van der Waals surface area contributed by atoms with E-state index in [1.807, 2.05) is 6.92 Å². The van der Waals surface area contributed by atoms with E-state index in [1.54, 1.807) is 7.05 Å². The Balaban J connectivity index is 2.32. The average Bonchev–Trinajstić information content (AvgIpc) is 2.43. The third-order valence-corrected chi connectivity index (χ3v) is 5.35. The maximum absolute atomic E-state index is 12.1. The minimum atomic E-state index is -3.56. The number of nitrogens with one attached hydrogen (secondary N) is 1. The molecule has 2 rings (SSSR count). The van der Waals surface area contributed by atoms with Gasteiger partial charge in [0.15, 0.2) is 4.60 Å². The van der Waals surface area contributed by atoms with Gasteiger partial charge < -0.3 is 0 Å². The number of sulfonamides is 1. The molecule has 1 heterocycles. The van der Waals surface area contributed by atoms with Crippen LogP contribution in [0.2, 0.25) is 0 Å². The second kappa shape index (κ2) is 3.78. The SMILES string of the molecule is Cn1nnc(Br)c1S(=O)(=O)NC1(C)CCC1. The first-order valence-corrected chi connectivity index (χ1v) is 7.21. The largest absolute Gasteiger partial charge is 0.261 e.